The van der Waals surface area contributed by atoms with Gasteiger partial charge < -0.3 is 14.6 Å². The number of benzene rings is 3. The Kier molecular flexibility index (Phi) is 5.57. The van der Waals surface area contributed by atoms with Crippen LogP contribution in [0.5, 0.6) is 17.2 Å². The van der Waals surface area contributed by atoms with Gasteiger partial charge in [0.2, 0.25) is 0 Å². The largest absolute Gasteiger partial charge is 0.507 e. The summed E-state index contributed by atoms with van der Waals surface area (Å²) in [5, 5.41) is 10.5. The number of nitrogens with zero attached hydrogens (tertiary/aromatic N) is 3. The van der Waals surface area contributed by atoms with Crippen molar-refractivity contribution in [2.75, 3.05) is 14.2 Å². The van der Waals surface area contributed by atoms with Gasteiger partial charge in [-0.2, -0.15) is 0 Å². The van der Waals surface area contributed by atoms with E-state index in [-0.39, 0.29) is 5.75 Å². The lowest BCUT2D eigenvalue weighted by Crippen LogP contribution is -2.00. The summed E-state index contributed by atoms with van der Waals surface area (Å²) in [4.78, 5) is 24.8. The summed E-state index contributed by atoms with van der Waals surface area (Å²) in [6.45, 7) is 0. The number of aldehydes is 1. The van der Waals surface area contributed by atoms with E-state index in [4.69, 9.17) is 9.47 Å². The molecule has 1 N–H and O–H groups in total. The smallest absolute Gasteiger partial charge is 0.167 e. The molecule has 7 heteroatoms. The summed E-state index contributed by atoms with van der Waals surface area (Å²) in [6.07, 6.45) is 0.779. The number of hydrogen-bond donors (Lipinski definition) is 1. The molecule has 0 fully saturated rings. The topological polar surface area (TPSA) is 94.4 Å². The molecule has 7 nitrogen and oxygen atoms in total. The number of aromatic nitrogens is 3. The number of phenolic OH excluding ortho intramolecular Hbond substituents is 1. The first kappa shape index (κ1) is 20.0. The van der Waals surface area contributed by atoms with Crippen LogP contribution in [0.2, 0.25) is 0 Å². The van der Waals surface area contributed by atoms with Gasteiger partial charge in [-0.05, 0) is 36.4 Å². The fourth-order valence-corrected chi connectivity index (χ4v) is 3.03. The number of carbonyl (C=O) groups is 1. The zero-order valence-electron chi connectivity index (χ0n) is 16.9. The summed E-state index contributed by atoms with van der Waals surface area (Å²) >= 11 is 0. The molecule has 154 valence electrons. The van der Waals surface area contributed by atoms with Crippen molar-refractivity contribution in [1.82, 2.24) is 15.0 Å². The summed E-state index contributed by atoms with van der Waals surface area (Å²) in [7, 11) is 3.13. The van der Waals surface area contributed by atoms with Crippen LogP contribution in [0.15, 0.2) is 66.7 Å². The Labute approximate surface area is 179 Å². The molecule has 0 amide bonds. The lowest BCUT2D eigenvalue weighted by Gasteiger charge is -2.10. The SMILES string of the molecule is COc1ccc(-c2nc(-c3ccc(C=O)cc3)nc(-c3ccc(OC)cc3O)n2)cc1. The minimum absolute atomic E-state index is 0.00603. The van der Waals surface area contributed by atoms with Gasteiger partial charge in [0.1, 0.15) is 23.5 Å². The van der Waals surface area contributed by atoms with E-state index in [1.807, 2.05) is 24.3 Å². The summed E-state index contributed by atoms with van der Waals surface area (Å²) in [5.41, 5.74) is 2.49. The van der Waals surface area contributed by atoms with Crippen LogP contribution in [-0.4, -0.2) is 40.6 Å². The number of aromatic hydroxyl groups is 1. The van der Waals surface area contributed by atoms with Crippen molar-refractivity contribution in [2.24, 2.45) is 0 Å². The van der Waals surface area contributed by atoms with Crippen molar-refractivity contribution in [2.45, 2.75) is 0 Å². The van der Waals surface area contributed by atoms with Crippen molar-refractivity contribution in [3.05, 3.63) is 72.3 Å². The van der Waals surface area contributed by atoms with E-state index in [9.17, 15) is 9.90 Å². The van der Waals surface area contributed by atoms with Gasteiger partial charge in [-0.25, -0.2) is 15.0 Å². The molecule has 0 atom stereocenters. The van der Waals surface area contributed by atoms with E-state index in [0.29, 0.717) is 34.3 Å². The average Bonchev–Trinajstić information content (AvgIpc) is 2.83. The van der Waals surface area contributed by atoms with Crippen molar-refractivity contribution >= 4 is 6.29 Å². The van der Waals surface area contributed by atoms with E-state index in [0.717, 1.165) is 23.2 Å². The fourth-order valence-electron chi connectivity index (χ4n) is 3.03. The maximum Gasteiger partial charge on any atom is 0.167 e. The third-order valence-electron chi connectivity index (χ3n) is 4.73. The Hall–Kier alpha value is -4.26. The van der Waals surface area contributed by atoms with Gasteiger partial charge in [0, 0.05) is 22.8 Å². The van der Waals surface area contributed by atoms with Crippen LogP contribution >= 0.6 is 0 Å². The molecule has 4 aromatic rings. The zero-order valence-corrected chi connectivity index (χ0v) is 16.9. The van der Waals surface area contributed by atoms with Gasteiger partial charge in [-0.1, -0.05) is 24.3 Å². The Bertz CT molecular complexity index is 1220. The molecule has 4 rings (SSSR count). The minimum atomic E-state index is -0.00603. The highest BCUT2D eigenvalue weighted by Gasteiger charge is 2.15. The molecule has 0 saturated carbocycles. The van der Waals surface area contributed by atoms with Gasteiger partial charge >= 0.3 is 0 Å². The minimum Gasteiger partial charge on any atom is -0.507 e. The van der Waals surface area contributed by atoms with Crippen LogP contribution in [0.3, 0.4) is 0 Å². The van der Waals surface area contributed by atoms with Gasteiger partial charge in [0.25, 0.3) is 0 Å². The molecule has 0 aliphatic carbocycles. The van der Waals surface area contributed by atoms with Gasteiger partial charge in [-0.3, -0.25) is 4.79 Å². The fraction of sp³-hybridized carbons (Fsp3) is 0.0833. The molecule has 0 saturated heterocycles. The quantitative estimate of drug-likeness (QED) is 0.468. The summed E-state index contributed by atoms with van der Waals surface area (Å²) < 4.78 is 10.4. The van der Waals surface area contributed by atoms with E-state index in [2.05, 4.69) is 15.0 Å². The van der Waals surface area contributed by atoms with E-state index < -0.39 is 0 Å². The van der Waals surface area contributed by atoms with Crippen LogP contribution in [-0.2, 0) is 0 Å². The molecule has 1 aromatic heterocycles. The number of rotatable bonds is 6. The van der Waals surface area contributed by atoms with Crippen molar-refractivity contribution in [1.29, 1.82) is 0 Å². The molecule has 0 aliphatic heterocycles. The zero-order chi connectivity index (χ0) is 21.8. The first-order chi connectivity index (χ1) is 15.1. The molecule has 31 heavy (non-hydrogen) atoms. The lowest BCUT2D eigenvalue weighted by molar-refractivity contribution is 0.112. The van der Waals surface area contributed by atoms with Gasteiger partial charge in [0.05, 0.1) is 19.8 Å². The van der Waals surface area contributed by atoms with Gasteiger partial charge in [-0.15, -0.1) is 0 Å². The van der Waals surface area contributed by atoms with Gasteiger partial charge in [0.15, 0.2) is 17.5 Å². The molecular formula is C24H19N3O4. The Morgan fingerprint density at radius 1 is 0.710 bits per heavy atom. The van der Waals surface area contributed by atoms with Crippen LogP contribution in [0.4, 0.5) is 0 Å². The number of carbonyl (C=O) groups excluding carboxylic acids is 1. The third-order valence-corrected chi connectivity index (χ3v) is 4.73. The Morgan fingerprint density at radius 2 is 1.23 bits per heavy atom. The first-order valence-electron chi connectivity index (χ1n) is 9.45. The Balaban J connectivity index is 1.88. The van der Waals surface area contributed by atoms with Crippen LogP contribution in [0.1, 0.15) is 10.4 Å². The molecule has 1 heterocycles. The van der Waals surface area contributed by atoms with Crippen molar-refractivity contribution in [3.63, 3.8) is 0 Å². The standard InChI is InChI=1S/C24H19N3O4/c1-30-18-9-7-17(8-10-18)23-25-22(16-5-3-15(14-28)4-6-16)26-24(27-23)20-12-11-19(31-2)13-21(20)29/h3-14,29H,1-2H3. The molecule has 0 radical (unpaired) electrons. The molecule has 0 bridgehead atoms. The number of phenols is 1. The van der Waals surface area contributed by atoms with Crippen LogP contribution < -0.4 is 9.47 Å². The molecule has 0 aliphatic rings. The summed E-state index contributed by atoms with van der Waals surface area (Å²) in [5.74, 6) is 2.41. The second-order valence-electron chi connectivity index (χ2n) is 6.66. The highest BCUT2D eigenvalue weighted by molar-refractivity contribution is 5.76. The van der Waals surface area contributed by atoms with Crippen LogP contribution in [0.25, 0.3) is 34.2 Å². The van der Waals surface area contributed by atoms with Crippen LogP contribution in [0, 0.1) is 0 Å². The maximum absolute atomic E-state index is 11.0. The van der Waals surface area contributed by atoms with E-state index >= 15 is 0 Å². The lowest BCUT2D eigenvalue weighted by atomic mass is 10.1. The second kappa shape index (κ2) is 8.62. The summed E-state index contributed by atoms with van der Waals surface area (Å²) in [6, 6.07) is 19.2. The predicted octanol–water partition coefficient (Wildman–Crippen LogP) is 4.41. The molecule has 3 aromatic carbocycles. The normalized spacial score (nSPS) is 10.5. The highest BCUT2D eigenvalue weighted by atomic mass is 16.5. The number of hydrogen-bond acceptors (Lipinski definition) is 7. The van der Waals surface area contributed by atoms with E-state index in [1.54, 1.807) is 43.5 Å². The molecule has 0 unspecified atom stereocenters. The second-order valence-corrected chi connectivity index (χ2v) is 6.66. The average molecular weight is 413 g/mol. The monoisotopic (exact) mass is 413 g/mol. The highest BCUT2D eigenvalue weighted by Crippen LogP contribution is 2.32. The molecule has 0 spiro atoms. The van der Waals surface area contributed by atoms with E-state index in [1.165, 1.54) is 13.2 Å². The molecular weight excluding hydrogens is 394 g/mol. The first-order valence-corrected chi connectivity index (χ1v) is 9.45. The van der Waals surface area contributed by atoms with Crippen molar-refractivity contribution in [3.8, 4) is 51.4 Å². The number of methoxy groups -OCH3 is 2. The Morgan fingerprint density at radius 3 is 1.74 bits per heavy atom. The maximum atomic E-state index is 11.0. The third kappa shape index (κ3) is 4.20. The predicted molar refractivity (Wildman–Crippen MR) is 116 cm³/mol. The van der Waals surface area contributed by atoms with Crippen molar-refractivity contribution < 1.29 is 19.4 Å². The number of ether oxygens (including phenoxy) is 2.